The molecule has 6 nitrogen and oxygen atoms in total. The lowest BCUT2D eigenvalue weighted by molar-refractivity contribution is -0.134. The largest absolute Gasteiger partial charge is 0.496 e. The summed E-state index contributed by atoms with van der Waals surface area (Å²) in [7, 11) is 7.28. The highest BCUT2D eigenvalue weighted by Gasteiger charge is 2.34. The number of methoxy groups -OCH3 is 1. The molecule has 2 aliphatic rings. The van der Waals surface area contributed by atoms with Gasteiger partial charge in [-0.2, -0.15) is 11.8 Å². The molecule has 35 heavy (non-hydrogen) atoms. The second-order valence-corrected chi connectivity index (χ2v) is 10.9. The Hall–Kier alpha value is -2.15. The third-order valence-corrected chi connectivity index (χ3v) is 8.56. The number of carbonyl (C=O) groups is 2. The van der Waals surface area contributed by atoms with Gasteiger partial charge in [0.15, 0.2) is 0 Å². The van der Waals surface area contributed by atoms with Crippen LogP contribution in [-0.2, 0) is 22.6 Å². The first-order chi connectivity index (χ1) is 16.8. The van der Waals surface area contributed by atoms with Crippen LogP contribution in [0, 0.1) is 18.8 Å². The molecule has 2 atom stereocenters. The number of hydrogen-bond donors (Lipinski definition) is 1. The van der Waals surface area contributed by atoms with Gasteiger partial charge < -0.3 is 19.7 Å². The maximum Gasteiger partial charge on any atom is 0.341 e. The number of thioether (sulfide) groups is 1. The third-order valence-electron chi connectivity index (χ3n) is 7.39. The summed E-state index contributed by atoms with van der Waals surface area (Å²) in [6.45, 7) is 4.49. The zero-order valence-electron chi connectivity index (χ0n) is 22.3. The Balaban J connectivity index is 2.01. The van der Waals surface area contributed by atoms with Gasteiger partial charge in [0.1, 0.15) is 12.4 Å². The topological polar surface area (TPSA) is 67.9 Å². The van der Waals surface area contributed by atoms with Gasteiger partial charge in [0.25, 0.3) is 0 Å². The van der Waals surface area contributed by atoms with Gasteiger partial charge in [-0.1, -0.05) is 37.8 Å². The number of hydrogen-bond acceptors (Lipinski definition) is 6. The second kappa shape index (κ2) is 12.7. The number of anilines is 1. The van der Waals surface area contributed by atoms with Crippen molar-refractivity contribution in [3.63, 3.8) is 0 Å². The van der Waals surface area contributed by atoms with Crippen LogP contribution >= 0.6 is 11.8 Å². The average Bonchev–Trinajstić information content (AvgIpc) is 3.08. The Morgan fingerprint density at radius 1 is 1.34 bits per heavy atom. The number of amides is 1. The number of allylic oxidation sites excluding steroid dienone is 2. The number of unbranched alkanes of at least 4 members (excludes halogenated alkanes) is 2. The molecule has 0 radical (unpaired) electrons. The Morgan fingerprint density at radius 3 is 2.77 bits per heavy atom. The second-order valence-electron chi connectivity index (χ2n) is 9.79. The van der Waals surface area contributed by atoms with E-state index in [9.17, 15) is 9.59 Å². The van der Waals surface area contributed by atoms with E-state index in [2.05, 4.69) is 18.3 Å². The van der Waals surface area contributed by atoms with Crippen LogP contribution in [0.2, 0.25) is 0 Å². The fraction of sp³-hybridized carbons (Fsp3) is 0.643. The lowest BCUT2D eigenvalue weighted by Gasteiger charge is -2.30. The number of carbonyl (C=O) groups excluding carboxylic acids is 2. The maximum absolute atomic E-state index is 13.3. The van der Waals surface area contributed by atoms with Crippen molar-refractivity contribution in [2.45, 2.75) is 65.4 Å². The first-order valence-corrected chi connectivity index (χ1v) is 14.1. The van der Waals surface area contributed by atoms with E-state index in [1.807, 2.05) is 39.8 Å². The Bertz CT molecular complexity index is 957. The number of rotatable bonds is 10. The van der Waals surface area contributed by atoms with Gasteiger partial charge in [-0.15, -0.1) is 0 Å². The van der Waals surface area contributed by atoms with Gasteiger partial charge in [-0.05, 0) is 43.9 Å². The number of nitrogens with zero attached hydrogens (tertiary/aromatic N) is 1. The smallest absolute Gasteiger partial charge is 0.341 e. The van der Waals surface area contributed by atoms with E-state index in [4.69, 9.17) is 9.47 Å². The molecular weight excluding hydrogens is 460 g/mol. The molecule has 0 bridgehead atoms. The quantitative estimate of drug-likeness (QED) is 0.255. The summed E-state index contributed by atoms with van der Waals surface area (Å²) >= 11 is 1.97. The Morgan fingerprint density at radius 2 is 2.11 bits per heavy atom. The lowest BCUT2D eigenvalue weighted by atomic mass is 9.80. The van der Waals surface area contributed by atoms with Crippen LogP contribution in [0.15, 0.2) is 11.6 Å². The number of benzene rings is 1. The van der Waals surface area contributed by atoms with Crippen LogP contribution in [0.3, 0.4) is 0 Å². The fourth-order valence-corrected chi connectivity index (χ4v) is 6.73. The number of ether oxygens (including phenoxy) is 2. The molecule has 1 aromatic rings. The summed E-state index contributed by atoms with van der Waals surface area (Å²) in [6, 6.07) is 0. The summed E-state index contributed by atoms with van der Waals surface area (Å²) < 4.78 is 11.2. The van der Waals surface area contributed by atoms with E-state index in [0.29, 0.717) is 12.0 Å². The highest BCUT2D eigenvalue weighted by atomic mass is 32.2. The molecule has 0 saturated carbocycles. The number of fused-ring (bicyclic) bond motifs is 1. The summed E-state index contributed by atoms with van der Waals surface area (Å²) in [6.07, 6.45) is 9.41. The van der Waals surface area contributed by atoms with E-state index in [-0.39, 0.29) is 30.3 Å². The highest BCUT2D eigenvalue weighted by Crippen LogP contribution is 2.42. The molecule has 3 rings (SSSR count). The van der Waals surface area contributed by atoms with Crippen LogP contribution in [0.25, 0.3) is 0 Å². The molecule has 0 aromatic heterocycles. The van der Waals surface area contributed by atoms with Gasteiger partial charge in [0, 0.05) is 49.9 Å². The standard InChI is InChI=1S/C28H42N2O4S/c1-7-8-9-12-20(27(31)30(4)5)23-17-35-15-10-11-19(23)13-14-21-25(29-3)24-22(16-34-28(24)32)18(2)26(21)33-6/h13,20,23,29H,7-12,14-17H2,1-6H3/b19-13+. The SMILES string of the molecule is CCCCCC(C(=O)N(C)C)C1CSCCC/C1=C\Cc1c(NC)c2c(c(C)c1OC)COC2=O. The van der Waals surface area contributed by atoms with E-state index < -0.39 is 0 Å². The number of nitrogens with one attached hydrogen (secondary N) is 1. The van der Waals surface area contributed by atoms with Crippen LogP contribution in [0.1, 0.15) is 72.5 Å². The van der Waals surface area contributed by atoms with Crippen molar-refractivity contribution in [2.24, 2.45) is 11.8 Å². The molecule has 1 N–H and O–H groups in total. The number of esters is 1. The van der Waals surface area contributed by atoms with Crippen molar-refractivity contribution < 1.29 is 19.1 Å². The minimum atomic E-state index is -0.277. The zero-order valence-corrected chi connectivity index (χ0v) is 23.1. The molecule has 0 aliphatic carbocycles. The highest BCUT2D eigenvalue weighted by molar-refractivity contribution is 7.99. The summed E-state index contributed by atoms with van der Waals surface area (Å²) in [5, 5.41) is 3.25. The molecule has 2 heterocycles. The molecule has 7 heteroatoms. The molecule has 1 fully saturated rings. The summed E-state index contributed by atoms with van der Waals surface area (Å²) in [5.74, 6) is 3.12. The minimum absolute atomic E-state index is 0.0100. The number of cyclic esters (lactones) is 1. The Kier molecular flexibility index (Phi) is 9.96. The molecular formula is C28H42N2O4S. The van der Waals surface area contributed by atoms with Crippen molar-refractivity contribution in [1.82, 2.24) is 4.90 Å². The molecule has 1 aromatic carbocycles. The molecule has 1 saturated heterocycles. The lowest BCUT2D eigenvalue weighted by Crippen LogP contribution is -2.36. The van der Waals surface area contributed by atoms with Crippen LogP contribution in [0.5, 0.6) is 5.75 Å². The van der Waals surface area contributed by atoms with Crippen molar-refractivity contribution >= 4 is 29.3 Å². The van der Waals surface area contributed by atoms with Gasteiger partial charge >= 0.3 is 5.97 Å². The van der Waals surface area contributed by atoms with E-state index in [1.165, 1.54) is 5.57 Å². The Labute approximate surface area is 215 Å². The van der Waals surface area contributed by atoms with Gasteiger partial charge in [0.2, 0.25) is 5.91 Å². The fourth-order valence-electron chi connectivity index (χ4n) is 5.51. The van der Waals surface area contributed by atoms with Crippen molar-refractivity contribution in [2.75, 3.05) is 45.1 Å². The van der Waals surface area contributed by atoms with Crippen LogP contribution in [0.4, 0.5) is 5.69 Å². The predicted molar refractivity (Wildman–Crippen MR) is 145 cm³/mol. The monoisotopic (exact) mass is 502 g/mol. The molecule has 194 valence electrons. The van der Waals surface area contributed by atoms with Crippen molar-refractivity contribution in [3.8, 4) is 5.75 Å². The zero-order chi connectivity index (χ0) is 25.5. The van der Waals surface area contributed by atoms with E-state index in [0.717, 1.165) is 78.2 Å². The molecule has 1 amide bonds. The first kappa shape index (κ1) is 27.4. The van der Waals surface area contributed by atoms with Crippen molar-refractivity contribution in [1.29, 1.82) is 0 Å². The minimum Gasteiger partial charge on any atom is -0.496 e. The maximum atomic E-state index is 13.3. The van der Waals surface area contributed by atoms with Crippen LogP contribution < -0.4 is 10.1 Å². The molecule has 0 spiro atoms. The third kappa shape index (κ3) is 5.99. The molecule has 2 unspecified atom stereocenters. The summed E-state index contributed by atoms with van der Waals surface area (Å²) in [4.78, 5) is 27.6. The van der Waals surface area contributed by atoms with Crippen LogP contribution in [-0.4, -0.2) is 56.5 Å². The van der Waals surface area contributed by atoms with E-state index in [1.54, 1.807) is 12.0 Å². The first-order valence-electron chi connectivity index (χ1n) is 12.9. The normalized spacial score (nSPS) is 19.7. The van der Waals surface area contributed by atoms with E-state index >= 15 is 0 Å². The average molecular weight is 503 g/mol. The molecule has 2 aliphatic heterocycles. The van der Waals surface area contributed by atoms with Crippen molar-refractivity contribution in [3.05, 3.63) is 33.9 Å². The summed E-state index contributed by atoms with van der Waals surface area (Å²) in [5.41, 5.74) is 5.65. The predicted octanol–water partition coefficient (Wildman–Crippen LogP) is 5.61. The van der Waals surface area contributed by atoms with Gasteiger partial charge in [0.05, 0.1) is 18.4 Å². The van der Waals surface area contributed by atoms with Gasteiger partial charge in [-0.3, -0.25) is 4.79 Å². The van der Waals surface area contributed by atoms with Gasteiger partial charge in [-0.25, -0.2) is 4.79 Å².